The summed E-state index contributed by atoms with van der Waals surface area (Å²) in [5.41, 5.74) is 2.21. The molecule has 0 bridgehead atoms. The average molecular weight is 388 g/mol. The molecule has 2 aromatic carbocycles. The molecule has 0 saturated carbocycles. The molecular formula is C20H22ClN3O3. The van der Waals surface area contributed by atoms with Crippen molar-refractivity contribution in [3.63, 3.8) is 0 Å². The average Bonchev–Trinajstić information content (AvgIpc) is 3.15. The fraction of sp³-hybridized carbons (Fsp3) is 0.300. The van der Waals surface area contributed by atoms with Gasteiger partial charge in [-0.3, -0.25) is 4.79 Å². The molecule has 2 aromatic rings. The number of hydrogen-bond donors (Lipinski definition) is 2. The van der Waals surface area contributed by atoms with E-state index in [9.17, 15) is 9.59 Å². The number of carbonyl (C=O) groups is 2. The van der Waals surface area contributed by atoms with Crippen LogP contribution in [0.25, 0.3) is 0 Å². The lowest BCUT2D eigenvalue weighted by Crippen LogP contribution is -2.45. The summed E-state index contributed by atoms with van der Waals surface area (Å²) in [7, 11) is 1.59. The van der Waals surface area contributed by atoms with Crippen LogP contribution in [-0.2, 0) is 4.79 Å². The molecule has 1 heterocycles. The van der Waals surface area contributed by atoms with E-state index >= 15 is 0 Å². The molecule has 3 rings (SSSR count). The van der Waals surface area contributed by atoms with E-state index in [2.05, 4.69) is 10.6 Å². The van der Waals surface area contributed by atoms with Gasteiger partial charge in [0, 0.05) is 22.9 Å². The number of likely N-dealkylation sites (tertiary alicyclic amines) is 1. The Bertz CT molecular complexity index is 839. The van der Waals surface area contributed by atoms with Gasteiger partial charge in [0.05, 0.1) is 7.11 Å². The van der Waals surface area contributed by atoms with E-state index in [-0.39, 0.29) is 11.9 Å². The van der Waals surface area contributed by atoms with Gasteiger partial charge in [0.1, 0.15) is 11.8 Å². The third kappa shape index (κ3) is 4.52. The van der Waals surface area contributed by atoms with Crippen LogP contribution in [-0.4, -0.2) is 36.5 Å². The molecule has 3 amide bonds. The molecule has 1 aliphatic rings. The lowest BCUT2D eigenvalue weighted by atomic mass is 10.2. The van der Waals surface area contributed by atoms with E-state index in [0.29, 0.717) is 35.1 Å². The van der Waals surface area contributed by atoms with E-state index in [4.69, 9.17) is 16.3 Å². The van der Waals surface area contributed by atoms with Gasteiger partial charge in [0.2, 0.25) is 5.91 Å². The van der Waals surface area contributed by atoms with Crippen molar-refractivity contribution >= 4 is 34.9 Å². The van der Waals surface area contributed by atoms with Crippen molar-refractivity contribution in [2.45, 2.75) is 25.8 Å². The second kappa shape index (κ2) is 8.31. The molecule has 2 N–H and O–H groups in total. The van der Waals surface area contributed by atoms with Gasteiger partial charge in [0.15, 0.2) is 0 Å². The second-order valence-corrected chi connectivity index (χ2v) is 6.87. The first kappa shape index (κ1) is 19.0. The predicted molar refractivity (Wildman–Crippen MR) is 107 cm³/mol. The Morgan fingerprint density at radius 1 is 1.11 bits per heavy atom. The second-order valence-electron chi connectivity index (χ2n) is 6.46. The van der Waals surface area contributed by atoms with Crippen molar-refractivity contribution in [2.75, 3.05) is 24.3 Å². The van der Waals surface area contributed by atoms with Crippen molar-refractivity contribution in [1.82, 2.24) is 4.90 Å². The van der Waals surface area contributed by atoms with Crippen LogP contribution in [0.1, 0.15) is 18.4 Å². The molecule has 0 spiro atoms. The highest BCUT2D eigenvalue weighted by atomic mass is 35.5. The van der Waals surface area contributed by atoms with Crippen LogP contribution in [0.4, 0.5) is 16.2 Å². The number of aryl methyl sites for hydroxylation is 1. The maximum Gasteiger partial charge on any atom is 0.322 e. The van der Waals surface area contributed by atoms with Crippen LogP contribution < -0.4 is 15.4 Å². The van der Waals surface area contributed by atoms with E-state index < -0.39 is 6.04 Å². The number of carbonyl (C=O) groups excluding carboxylic acids is 2. The van der Waals surface area contributed by atoms with E-state index in [1.165, 1.54) is 0 Å². The van der Waals surface area contributed by atoms with Crippen LogP contribution >= 0.6 is 11.6 Å². The first-order chi connectivity index (χ1) is 13.0. The highest BCUT2D eigenvalue weighted by Crippen LogP contribution is 2.24. The molecule has 1 fully saturated rings. The van der Waals surface area contributed by atoms with Crippen LogP contribution in [0.5, 0.6) is 5.75 Å². The summed E-state index contributed by atoms with van der Waals surface area (Å²) in [5, 5.41) is 6.28. The van der Waals surface area contributed by atoms with Crippen molar-refractivity contribution in [1.29, 1.82) is 0 Å². The quantitative estimate of drug-likeness (QED) is 0.822. The largest absolute Gasteiger partial charge is 0.497 e. The minimum absolute atomic E-state index is 0.211. The van der Waals surface area contributed by atoms with Gasteiger partial charge in [-0.2, -0.15) is 0 Å². The minimum Gasteiger partial charge on any atom is -0.497 e. The molecule has 27 heavy (non-hydrogen) atoms. The van der Waals surface area contributed by atoms with Gasteiger partial charge in [-0.15, -0.1) is 0 Å². The Hall–Kier alpha value is -2.73. The zero-order valence-corrected chi connectivity index (χ0v) is 16.0. The summed E-state index contributed by atoms with van der Waals surface area (Å²) < 4.78 is 5.11. The third-order valence-electron chi connectivity index (χ3n) is 4.60. The number of anilines is 2. The number of rotatable bonds is 4. The predicted octanol–water partition coefficient (Wildman–Crippen LogP) is 4.29. The van der Waals surface area contributed by atoms with Crippen molar-refractivity contribution < 1.29 is 14.3 Å². The summed E-state index contributed by atoms with van der Waals surface area (Å²) >= 11 is 6.11. The molecule has 6 nitrogen and oxygen atoms in total. The molecule has 1 aliphatic heterocycles. The number of hydrogen-bond acceptors (Lipinski definition) is 3. The van der Waals surface area contributed by atoms with Gasteiger partial charge in [-0.1, -0.05) is 17.7 Å². The van der Waals surface area contributed by atoms with Crippen LogP contribution in [0.2, 0.25) is 5.02 Å². The molecule has 0 unspecified atom stereocenters. The van der Waals surface area contributed by atoms with Crippen LogP contribution in [0.3, 0.4) is 0 Å². The van der Waals surface area contributed by atoms with Crippen molar-refractivity contribution in [2.24, 2.45) is 0 Å². The van der Waals surface area contributed by atoms with Crippen LogP contribution in [0.15, 0.2) is 42.5 Å². The van der Waals surface area contributed by atoms with E-state index in [0.717, 1.165) is 12.0 Å². The molecular weight excluding hydrogens is 366 g/mol. The maximum absolute atomic E-state index is 12.7. The Labute approximate surface area is 163 Å². The monoisotopic (exact) mass is 387 g/mol. The minimum atomic E-state index is -0.511. The molecule has 7 heteroatoms. The smallest absolute Gasteiger partial charge is 0.322 e. The maximum atomic E-state index is 12.7. The van der Waals surface area contributed by atoms with Gasteiger partial charge in [-0.25, -0.2) is 4.79 Å². The number of ether oxygens (including phenoxy) is 1. The summed E-state index contributed by atoms with van der Waals surface area (Å²) in [6.07, 6.45) is 1.41. The first-order valence-electron chi connectivity index (χ1n) is 8.76. The van der Waals surface area contributed by atoms with Gasteiger partial charge in [-0.05, 0) is 61.7 Å². The van der Waals surface area contributed by atoms with Crippen LogP contribution in [0, 0.1) is 6.92 Å². The number of benzene rings is 2. The molecule has 1 atom stereocenters. The Balaban J connectivity index is 1.65. The normalized spacial score (nSPS) is 16.1. The standard InChI is InChI=1S/C20H22ClN3O3/c1-13-5-6-15(12-17(13)21)22-19(25)18-4-3-11-24(18)20(26)23-14-7-9-16(27-2)10-8-14/h5-10,12,18H,3-4,11H2,1-2H3,(H,22,25)(H,23,26)/t18-/m0/s1. The Morgan fingerprint density at radius 2 is 1.81 bits per heavy atom. The van der Waals surface area contributed by atoms with Gasteiger partial charge < -0.3 is 20.3 Å². The molecule has 0 radical (unpaired) electrons. The summed E-state index contributed by atoms with van der Waals surface area (Å²) in [6.45, 7) is 2.44. The number of nitrogens with one attached hydrogen (secondary N) is 2. The fourth-order valence-electron chi connectivity index (χ4n) is 3.05. The molecule has 0 aliphatic carbocycles. The van der Waals surface area contributed by atoms with Crippen molar-refractivity contribution in [3.05, 3.63) is 53.1 Å². The third-order valence-corrected chi connectivity index (χ3v) is 5.00. The Kier molecular flexibility index (Phi) is 5.86. The number of nitrogens with zero attached hydrogens (tertiary/aromatic N) is 1. The van der Waals surface area contributed by atoms with E-state index in [1.54, 1.807) is 48.4 Å². The molecule has 0 aromatic heterocycles. The number of methoxy groups -OCH3 is 1. The highest BCUT2D eigenvalue weighted by Gasteiger charge is 2.34. The fourth-order valence-corrected chi connectivity index (χ4v) is 3.23. The van der Waals surface area contributed by atoms with Crippen molar-refractivity contribution in [3.8, 4) is 5.75 Å². The molecule has 1 saturated heterocycles. The summed E-state index contributed by atoms with van der Waals surface area (Å²) in [5.74, 6) is 0.500. The highest BCUT2D eigenvalue weighted by molar-refractivity contribution is 6.31. The Morgan fingerprint density at radius 3 is 2.48 bits per heavy atom. The molecule has 142 valence electrons. The van der Waals surface area contributed by atoms with Gasteiger partial charge in [0.25, 0.3) is 0 Å². The first-order valence-corrected chi connectivity index (χ1v) is 9.14. The lowest BCUT2D eigenvalue weighted by Gasteiger charge is -2.24. The summed E-state index contributed by atoms with van der Waals surface area (Å²) in [4.78, 5) is 26.9. The zero-order chi connectivity index (χ0) is 19.4. The SMILES string of the molecule is COc1ccc(NC(=O)N2CCC[C@H]2C(=O)Nc2ccc(C)c(Cl)c2)cc1. The number of halogens is 1. The lowest BCUT2D eigenvalue weighted by molar-refractivity contribution is -0.119. The van der Waals surface area contributed by atoms with Gasteiger partial charge >= 0.3 is 6.03 Å². The number of urea groups is 1. The summed E-state index contributed by atoms with van der Waals surface area (Å²) in [6, 6.07) is 11.6. The van der Waals surface area contributed by atoms with E-state index in [1.807, 2.05) is 13.0 Å². The number of amides is 3. The zero-order valence-electron chi connectivity index (χ0n) is 15.3. The topological polar surface area (TPSA) is 70.7 Å².